The molecular weight excluding hydrogens is 304 g/mol. The van der Waals surface area contributed by atoms with E-state index in [-0.39, 0.29) is 5.69 Å². The second kappa shape index (κ2) is 5.29. The summed E-state index contributed by atoms with van der Waals surface area (Å²) in [6.45, 7) is 0. The molecule has 1 N–H and O–H groups in total. The number of rotatable bonds is 3. The van der Waals surface area contributed by atoms with Crippen LogP contribution in [0.15, 0.2) is 51.1 Å². The van der Waals surface area contributed by atoms with E-state index in [9.17, 15) is 4.79 Å². The predicted octanol–water partition coefficient (Wildman–Crippen LogP) is 3.09. The van der Waals surface area contributed by atoms with Crippen molar-refractivity contribution in [3.63, 3.8) is 0 Å². The smallest absolute Gasteiger partial charge is 0.355 e. The third-order valence-electron chi connectivity index (χ3n) is 1.89. The maximum Gasteiger partial charge on any atom is 0.355 e. The first-order valence-corrected chi connectivity index (χ1v) is 6.25. The number of carboxylic acids is 1. The first-order chi connectivity index (χ1) is 8.16. The van der Waals surface area contributed by atoms with Gasteiger partial charge in [-0.3, -0.25) is 0 Å². The van der Waals surface area contributed by atoms with Gasteiger partial charge in [0.25, 0.3) is 0 Å². The summed E-state index contributed by atoms with van der Waals surface area (Å²) >= 11 is 4.57. The molecule has 2 rings (SSSR count). The standard InChI is InChI=1S/C11H7BrN2O2S/c12-7-3-4-9(14-6-7)17-8-2-1-5-13-10(8)11(15)16/h1-6H,(H,15,16). The first-order valence-electron chi connectivity index (χ1n) is 4.64. The number of nitrogens with zero attached hydrogens (tertiary/aromatic N) is 2. The molecule has 0 radical (unpaired) electrons. The van der Waals surface area contributed by atoms with E-state index in [4.69, 9.17) is 5.11 Å². The summed E-state index contributed by atoms with van der Waals surface area (Å²) in [7, 11) is 0. The number of hydrogen-bond acceptors (Lipinski definition) is 4. The lowest BCUT2D eigenvalue weighted by atomic mass is 10.3. The summed E-state index contributed by atoms with van der Waals surface area (Å²) in [4.78, 5) is 19.5. The van der Waals surface area contributed by atoms with Crippen LogP contribution in [-0.2, 0) is 0 Å². The third kappa shape index (κ3) is 3.04. The van der Waals surface area contributed by atoms with Crippen molar-refractivity contribution >= 4 is 33.7 Å². The van der Waals surface area contributed by atoms with Gasteiger partial charge in [-0.25, -0.2) is 14.8 Å². The van der Waals surface area contributed by atoms with Gasteiger partial charge in [0.1, 0.15) is 5.03 Å². The van der Waals surface area contributed by atoms with Gasteiger partial charge < -0.3 is 5.11 Å². The summed E-state index contributed by atoms with van der Waals surface area (Å²) < 4.78 is 0.881. The summed E-state index contributed by atoms with van der Waals surface area (Å²) in [5, 5.41) is 9.71. The van der Waals surface area contributed by atoms with Gasteiger partial charge in [-0.15, -0.1) is 0 Å². The zero-order valence-electron chi connectivity index (χ0n) is 8.50. The second-order valence-electron chi connectivity index (χ2n) is 3.07. The van der Waals surface area contributed by atoms with Crippen LogP contribution in [0.1, 0.15) is 10.5 Å². The number of halogens is 1. The Kier molecular flexibility index (Phi) is 3.75. The van der Waals surface area contributed by atoms with E-state index in [0.29, 0.717) is 4.90 Å². The molecule has 0 aromatic carbocycles. The quantitative estimate of drug-likeness (QED) is 0.944. The highest BCUT2D eigenvalue weighted by atomic mass is 79.9. The monoisotopic (exact) mass is 310 g/mol. The molecule has 0 saturated carbocycles. The van der Waals surface area contributed by atoms with Crippen molar-refractivity contribution in [3.05, 3.63) is 46.8 Å². The number of carbonyl (C=O) groups is 1. The van der Waals surface area contributed by atoms with Crippen molar-refractivity contribution in [2.24, 2.45) is 0 Å². The average Bonchev–Trinajstić information content (AvgIpc) is 2.32. The minimum Gasteiger partial charge on any atom is -0.476 e. The van der Waals surface area contributed by atoms with Crippen LogP contribution in [0.25, 0.3) is 0 Å². The fraction of sp³-hybridized carbons (Fsp3) is 0. The molecule has 0 atom stereocenters. The maximum absolute atomic E-state index is 11.0. The van der Waals surface area contributed by atoms with Crippen LogP contribution in [0.4, 0.5) is 0 Å². The lowest BCUT2D eigenvalue weighted by Crippen LogP contribution is -2.01. The Balaban J connectivity index is 2.30. The molecule has 0 saturated heterocycles. The number of aromatic carboxylic acids is 1. The normalized spacial score (nSPS) is 10.2. The molecular formula is C11H7BrN2O2S. The van der Waals surface area contributed by atoms with Crippen molar-refractivity contribution in [1.29, 1.82) is 0 Å². The molecule has 2 aromatic rings. The van der Waals surface area contributed by atoms with Gasteiger partial charge in [0.2, 0.25) is 0 Å². The van der Waals surface area contributed by atoms with Gasteiger partial charge in [0.05, 0.1) is 0 Å². The van der Waals surface area contributed by atoms with E-state index in [1.54, 1.807) is 18.3 Å². The van der Waals surface area contributed by atoms with Crippen molar-refractivity contribution in [2.75, 3.05) is 0 Å². The average molecular weight is 311 g/mol. The molecule has 0 fully saturated rings. The van der Waals surface area contributed by atoms with Gasteiger partial charge >= 0.3 is 5.97 Å². The van der Waals surface area contributed by atoms with Crippen LogP contribution in [0, 0.1) is 0 Å². The number of aromatic nitrogens is 2. The van der Waals surface area contributed by atoms with Gasteiger partial charge in [0, 0.05) is 21.8 Å². The number of pyridine rings is 2. The van der Waals surface area contributed by atoms with Gasteiger partial charge in [-0.2, -0.15) is 0 Å². The summed E-state index contributed by atoms with van der Waals surface area (Å²) in [6.07, 6.45) is 3.13. The van der Waals surface area contributed by atoms with E-state index >= 15 is 0 Å². The predicted molar refractivity (Wildman–Crippen MR) is 67.3 cm³/mol. The second-order valence-corrected chi connectivity index (χ2v) is 5.05. The number of hydrogen-bond donors (Lipinski definition) is 1. The molecule has 2 aromatic heterocycles. The molecule has 0 unspecified atom stereocenters. The minimum atomic E-state index is -1.04. The lowest BCUT2D eigenvalue weighted by molar-refractivity contribution is 0.0686. The lowest BCUT2D eigenvalue weighted by Gasteiger charge is -2.03. The Morgan fingerprint density at radius 2 is 2.12 bits per heavy atom. The Hall–Kier alpha value is -1.40. The van der Waals surface area contributed by atoms with Crippen LogP contribution in [0.5, 0.6) is 0 Å². The van der Waals surface area contributed by atoms with E-state index in [2.05, 4.69) is 25.9 Å². The molecule has 0 bridgehead atoms. The molecule has 86 valence electrons. The van der Waals surface area contributed by atoms with Crippen LogP contribution in [0.3, 0.4) is 0 Å². The molecule has 2 heterocycles. The number of carboxylic acid groups (broad SMARTS) is 1. The minimum absolute atomic E-state index is 0.0437. The Morgan fingerprint density at radius 3 is 2.76 bits per heavy atom. The van der Waals surface area contributed by atoms with E-state index < -0.39 is 5.97 Å². The third-order valence-corrected chi connectivity index (χ3v) is 3.36. The Labute approximate surface area is 110 Å². The molecule has 4 nitrogen and oxygen atoms in total. The molecule has 0 aliphatic heterocycles. The zero-order valence-corrected chi connectivity index (χ0v) is 10.9. The Bertz CT molecular complexity index is 545. The SMILES string of the molecule is O=C(O)c1ncccc1Sc1ccc(Br)cn1. The largest absolute Gasteiger partial charge is 0.476 e. The zero-order chi connectivity index (χ0) is 12.3. The van der Waals surface area contributed by atoms with E-state index in [1.807, 2.05) is 12.1 Å². The fourth-order valence-corrected chi connectivity index (χ4v) is 2.25. The molecule has 0 aliphatic rings. The van der Waals surface area contributed by atoms with Gasteiger partial charge in [-0.1, -0.05) is 11.8 Å². The highest BCUT2D eigenvalue weighted by Crippen LogP contribution is 2.28. The highest BCUT2D eigenvalue weighted by Gasteiger charge is 2.12. The molecule has 0 aliphatic carbocycles. The van der Waals surface area contributed by atoms with Crippen molar-refractivity contribution in [2.45, 2.75) is 9.92 Å². The van der Waals surface area contributed by atoms with Crippen molar-refractivity contribution < 1.29 is 9.90 Å². The fourth-order valence-electron chi connectivity index (χ4n) is 1.17. The maximum atomic E-state index is 11.0. The summed E-state index contributed by atoms with van der Waals surface area (Å²) in [5.41, 5.74) is 0.0437. The van der Waals surface area contributed by atoms with Gasteiger partial charge in [-0.05, 0) is 40.2 Å². The molecule has 6 heteroatoms. The van der Waals surface area contributed by atoms with E-state index in [0.717, 1.165) is 9.50 Å². The molecule has 17 heavy (non-hydrogen) atoms. The van der Waals surface area contributed by atoms with Crippen molar-refractivity contribution in [3.8, 4) is 0 Å². The summed E-state index contributed by atoms with van der Waals surface area (Å²) in [6, 6.07) is 7.08. The van der Waals surface area contributed by atoms with Gasteiger partial charge in [0.15, 0.2) is 5.69 Å². The van der Waals surface area contributed by atoms with Crippen LogP contribution in [-0.4, -0.2) is 21.0 Å². The van der Waals surface area contributed by atoms with Crippen molar-refractivity contribution in [1.82, 2.24) is 9.97 Å². The van der Waals surface area contributed by atoms with Crippen LogP contribution < -0.4 is 0 Å². The molecule has 0 amide bonds. The van der Waals surface area contributed by atoms with Crippen LogP contribution in [0.2, 0.25) is 0 Å². The Morgan fingerprint density at radius 1 is 1.29 bits per heavy atom. The molecule has 0 spiro atoms. The summed E-state index contributed by atoms with van der Waals surface area (Å²) in [5.74, 6) is -1.04. The van der Waals surface area contributed by atoms with Crippen LogP contribution >= 0.6 is 27.7 Å². The van der Waals surface area contributed by atoms with E-state index in [1.165, 1.54) is 18.0 Å². The topological polar surface area (TPSA) is 63.1 Å². The first kappa shape index (κ1) is 12.1. The highest BCUT2D eigenvalue weighted by molar-refractivity contribution is 9.10.